The summed E-state index contributed by atoms with van der Waals surface area (Å²) in [5, 5.41) is 4.48. The van der Waals surface area contributed by atoms with E-state index in [0.29, 0.717) is 5.88 Å². The molecule has 0 atom stereocenters. The molecule has 0 radical (unpaired) electrons. The Morgan fingerprint density at radius 3 is 2.55 bits per heavy atom. The van der Waals surface area contributed by atoms with Crippen LogP contribution in [0.1, 0.15) is 6.92 Å². The van der Waals surface area contributed by atoms with Gasteiger partial charge in [0.05, 0.1) is 5.69 Å². The number of rotatable bonds is 4. The third kappa shape index (κ3) is 2.69. The summed E-state index contributed by atoms with van der Waals surface area (Å²) in [6.07, 6.45) is 3.69. The molecule has 0 spiro atoms. The third-order valence-corrected chi connectivity index (χ3v) is 2.97. The molecule has 0 aliphatic heterocycles. The molecule has 0 aliphatic carbocycles. The Labute approximate surface area is 117 Å². The minimum absolute atomic E-state index is 0.593. The lowest BCUT2D eigenvalue weighted by Crippen LogP contribution is -1.93. The van der Waals surface area contributed by atoms with Gasteiger partial charge in [-0.2, -0.15) is 5.10 Å². The van der Waals surface area contributed by atoms with Gasteiger partial charge in [-0.15, -0.1) is 0 Å². The molecular formula is C16H15N3O. The van der Waals surface area contributed by atoms with Gasteiger partial charge in [0.1, 0.15) is 5.75 Å². The zero-order valence-electron chi connectivity index (χ0n) is 11.2. The summed E-state index contributed by atoms with van der Waals surface area (Å²) in [5.74, 6) is 1.36. The highest BCUT2D eigenvalue weighted by Crippen LogP contribution is 2.23. The molecule has 20 heavy (non-hydrogen) atoms. The molecule has 0 N–H and O–H groups in total. The molecule has 2 aromatic heterocycles. The van der Waals surface area contributed by atoms with Gasteiger partial charge >= 0.3 is 0 Å². The molecule has 1 aromatic carbocycles. The van der Waals surface area contributed by atoms with Crippen molar-refractivity contribution in [3.8, 4) is 22.9 Å². The van der Waals surface area contributed by atoms with Gasteiger partial charge in [0.15, 0.2) is 0 Å². The van der Waals surface area contributed by atoms with Crippen LogP contribution in [0.2, 0.25) is 0 Å². The van der Waals surface area contributed by atoms with Crippen LogP contribution in [0.3, 0.4) is 0 Å². The summed E-state index contributed by atoms with van der Waals surface area (Å²) < 4.78 is 7.57. The zero-order chi connectivity index (χ0) is 13.8. The predicted octanol–water partition coefficient (Wildman–Crippen LogP) is 3.76. The molecule has 0 aliphatic rings. The van der Waals surface area contributed by atoms with Crippen LogP contribution in [0.5, 0.6) is 11.6 Å². The van der Waals surface area contributed by atoms with Crippen molar-refractivity contribution < 1.29 is 4.74 Å². The summed E-state index contributed by atoms with van der Waals surface area (Å²) in [5.41, 5.74) is 2.04. The number of pyridine rings is 1. The summed E-state index contributed by atoms with van der Waals surface area (Å²) >= 11 is 0. The molecule has 4 nitrogen and oxygen atoms in total. The average molecular weight is 265 g/mol. The van der Waals surface area contributed by atoms with E-state index >= 15 is 0 Å². The van der Waals surface area contributed by atoms with Crippen LogP contribution >= 0.6 is 0 Å². The first-order valence-corrected chi connectivity index (χ1v) is 6.58. The van der Waals surface area contributed by atoms with Gasteiger partial charge in [0.2, 0.25) is 5.88 Å². The number of ether oxygens (including phenoxy) is 1. The minimum Gasteiger partial charge on any atom is -0.439 e. The summed E-state index contributed by atoms with van der Waals surface area (Å²) in [7, 11) is 0. The second-order valence-corrected chi connectivity index (χ2v) is 4.35. The Hall–Kier alpha value is -2.62. The number of benzene rings is 1. The highest BCUT2D eigenvalue weighted by molar-refractivity contribution is 5.59. The van der Waals surface area contributed by atoms with E-state index < -0.39 is 0 Å². The van der Waals surface area contributed by atoms with Gasteiger partial charge in [-0.25, -0.2) is 4.98 Å². The average Bonchev–Trinajstić information content (AvgIpc) is 2.98. The van der Waals surface area contributed by atoms with E-state index in [-0.39, 0.29) is 0 Å². The maximum atomic E-state index is 5.66. The van der Waals surface area contributed by atoms with Gasteiger partial charge in [-0.1, -0.05) is 6.07 Å². The van der Waals surface area contributed by atoms with Crippen LogP contribution in [0.15, 0.2) is 60.9 Å². The minimum atomic E-state index is 0.593. The molecule has 3 rings (SSSR count). The Kier molecular flexibility index (Phi) is 3.46. The summed E-state index contributed by atoms with van der Waals surface area (Å²) in [6.45, 7) is 2.95. The number of aryl methyl sites for hydroxylation is 1. The topological polar surface area (TPSA) is 39.9 Å². The van der Waals surface area contributed by atoms with E-state index in [1.165, 1.54) is 0 Å². The van der Waals surface area contributed by atoms with Crippen molar-refractivity contribution in [1.82, 2.24) is 14.8 Å². The van der Waals surface area contributed by atoms with Crippen LogP contribution in [0.25, 0.3) is 11.3 Å². The zero-order valence-corrected chi connectivity index (χ0v) is 11.2. The molecule has 3 aromatic rings. The standard InChI is InChI=1S/C16H15N3O/c1-2-19-12-10-15(18-19)13-6-8-14(9-7-13)20-16-5-3-4-11-17-16/h3-12H,2H2,1H3. The first-order valence-electron chi connectivity index (χ1n) is 6.58. The van der Waals surface area contributed by atoms with Gasteiger partial charge in [0, 0.05) is 30.6 Å². The summed E-state index contributed by atoms with van der Waals surface area (Å²) in [6, 6.07) is 15.5. The normalized spacial score (nSPS) is 10.4. The van der Waals surface area contributed by atoms with Crippen LogP contribution in [-0.4, -0.2) is 14.8 Å². The molecular weight excluding hydrogens is 250 g/mol. The van der Waals surface area contributed by atoms with Crippen molar-refractivity contribution in [2.24, 2.45) is 0 Å². The maximum absolute atomic E-state index is 5.66. The molecule has 0 bridgehead atoms. The molecule has 0 amide bonds. The Bertz CT molecular complexity index is 674. The van der Waals surface area contributed by atoms with Crippen LogP contribution in [-0.2, 0) is 6.54 Å². The predicted molar refractivity (Wildman–Crippen MR) is 77.6 cm³/mol. The molecule has 100 valence electrons. The largest absolute Gasteiger partial charge is 0.439 e. The van der Waals surface area contributed by atoms with E-state index in [4.69, 9.17) is 4.74 Å². The molecule has 2 heterocycles. The number of aromatic nitrogens is 3. The Morgan fingerprint density at radius 1 is 1.05 bits per heavy atom. The number of nitrogens with zero attached hydrogens (tertiary/aromatic N) is 3. The lowest BCUT2D eigenvalue weighted by Gasteiger charge is -2.04. The van der Waals surface area contributed by atoms with E-state index in [0.717, 1.165) is 23.6 Å². The second kappa shape index (κ2) is 5.57. The molecule has 0 saturated heterocycles. The van der Waals surface area contributed by atoms with Crippen molar-refractivity contribution in [2.45, 2.75) is 13.5 Å². The smallest absolute Gasteiger partial charge is 0.219 e. The van der Waals surface area contributed by atoms with E-state index in [1.54, 1.807) is 6.20 Å². The third-order valence-electron chi connectivity index (χ3n) is 2.97. The first kappa shape index (κ1) is 12.4. The van der Waals surface area contributed by atoms with Gasteiger partial charge < -0.3 is 4.74 Å². The van der Waals surface area contributed by atoms with E-state index in [1.807, 2.05) is 59.4 Å². The number of hydrogen-bond acceptors (Lipinski definition) is 3. The summed E-state index contributed by atoms with van der Waals surface area (Å²) in [4.78, 5) is 4.13. The van der Waals surface area contributed by atoms with E-state index in [9.17, 15) is 0 Å². The highest BCUT2D eigenvalue weighted by Gasteiger charge is 2.03. The molecule has 0 saturated carbocycles. The fourth-order valence-electron chi connectivity index (χ4n) is 1.91. The van der Waals surface area contributed by atoms with Gasteiger partial charge in [-0.05, 0) is 43.3 Å². The SMILES string of the molecule is CCn1ccc(-c2ccc(Oc3ccccn3)cc2)n1. The molecule has 4 heteroatoms. The van der Waals surface area contributed by atoms with Crippen molar-refractivity contribution in [3.05, 3.63) is 60.9 Å². The maximum Gasteiger partial charge on any atom is 0.219 e. The monoisotopic (exact) mass is 265 g/mol. The van der Waals surface area contributed by atoms with Gasteiger partial charge in [-0.3, -0.25) is 4.68 Å². The first-order chi connectivity index (χ1) is 9.85. The van der Waals surface area contributed by atoms with Crippen molar-refractivity contribution in [3.63, 3.8) is 0 Å². The van der Waals surface area contributed by atoms with Crippen LogP contribution in [0, 0.1) is 0 Å². The number of hydrogen-bond donors (Lipinski definition) is 0. The highest BCUT2D eigenvalue weighted by atomic mass is 16.5. The van der Waals surface area contributed by atoms with Crippen molar-refractivity contribution >= 4 is 0 Å². The van der Waals surface area contributed by atoms with Crippen molar-refractivity contribution in [1.29, 1.82) is 0 Å². The van der Waals surface area contributed by atoms with Crippen molar-refractivity contribution in [2.75, 3.05) is 0 Å². The Morgan fingerprint density at radius 2 is 1.90 bits per heavy atom. The molecule has 0 fully saturated rings. The fraction of sp³-hybridized carbons (Fsp3) is 0.125. The molecule has 0 unspecified atom stereocenters. The fourth-order valence-corrected chi connectivity index (χ4v) is 1.91. The second-order valence-electron chi connectivity index (χ2n) is 4.35. The lowest BCUT2D eigenvalue weighted by molar-refractivity contribution is 0.463. The lowest BCUT2D eigenvalue weighted by atomic mass is 10.1. The van der Waals surface area contributed by atoms with E-state index in [2.05, 4.69) is 17.0 Å². The van der Waals surface area contributed by atoms with Gasteiger partial charge in [0.25, 0.3) is 0 Å². The van der Waals surface area contributed by atoms with Crippen LogP contribution in [0.4, 0.5) is 0 Å². The Balaban J connectivity index is 1.77. The van der Waals surface area contributed by atoms with Crippen LogP contribution < -0.4 is 4.74 Å². The quantitative estimate of drug-likeness (QED) is 0.721.